The van der Waals surface area contributed by atoms with Crippen LogP contribution in [0.2, 0.25) is 5.02 Å². The molecule has 0 aromatic heterocycles. The van der Waals surface area contributed by atoms with E-state index in [0.29, 0.717) is 21.7 Å². The third-order valence-corrected chi connectivity index (χ3v) is 5.79. The Kier molecular flexibility index (Phi) is 5.36. The standard InChI is InChI=1S/C15H15BrClNO3S/c1-3-18(12-7-5-4-6-8-12)22(19,20)14-10-11(17)9-13(16)15(14)21-2/h4-10H,3H2,1-2H3. The van der Waals surface area contributed by atoms with Gasteiger partial charge < -0.3 is 4.74 Å². The highest BCUT2D eigenvalue weighted by Gasteiger charge is 2.28. The van der Waals surface area contributed by atoms with Gasteiger partial charge in [-0.15, -0.1) is 0 Å². The van der Waals surface area contributed by atoms with Gasteiger partial charge in [-0.05, 0) is 47.1 Å². The fraction of sp³-hybridized carbons (Fsp3) is 0.200. The summed E-state index contributed by atoms with van der Waals surface area (Å²) in [6, 6.07) is 11.9. The average Bonchev–Trinajstić information content (AvgIpc) is 2.48. The molecule has 0 radical (unpaired) electrons. The number of hydrogen-bond donors (Lipinski definition) is 0. The van der Waals surface area contributed by atoms with Gasteiger partial charge in [-0.1, -0.05) is 29.8 Å². The van der Waals surface area contributed by atoms with Crippen LogP contribution in [-0.4, -0.2) is 22.1 Å². The van der Waals surface area contributed by atoms with Crippen LogP contribution >= 0.6 is 27.5 Å². The quantitative estimate of drug-likeness (QED) is 0.745. The molecule has 0 N–H and O–H groups in total. The zero-order chi connectivity index (χ0) is 16.3. The fourth-order valence-corrected chi connectivity index (χ4v) is 4.98. The number of benzene rings is 2. The van der Waals surface area contributed by atoms with Crippen molar-refractivity contribution in [2.24, 2.45) is 0 Å². The van der Waals surface area contributed by atoms with E-state index in [4.69, 9.17) is 16.3 Å². The third kappa shape index (κ3) is 3.24. The Hall–Kier alpha value is -1.24. The summed E-state index contributed by atoms with van der Waals surface area (Å²) in [7, 11) is -2.38. The number of rotatable bonds is 5. The van der Waals surface area contributed by atoms with Gasteiger partial charge >= 0.3 is 0 Å². The first-order valence-corrected chi connectivity index (χ1v) is 9.13. The van der Waals surface area contributed by atoms with Crippen LogP contribution in [0.15, 0.2) is 51.8 Å². The van der Waals surface area contributed by atoms with Crippen molar-refractivity contribution in [3.63, 3.8) is 0 Å². The first-order valence-electron chi connectivity index (χ1n) is 6.52. The summed E-state index contributed by atoms with van der Waals surface area (Å²) < 4.78 is 33.1. The smallest absolute Gasteiger partial charge is 0.268 e. The third-order valence-electron chi connectivity index (χ3n) is 3.08. The minimum atomic E-state index is -3.80. The predicted octanol–water partition coefficient (Wildman–Crippen LogP) is 4.33. The maximum absolute atomic E-state index is 13.0. The Morgan fingerprint density at radius 3 is 2.41 bits per heavy atom. The fourth-order valence-electron chi connectivity index (χ4n) is 2.13. The summed E-state index contributed by atoms with van der Waals surface area (Å²) in [5.74, 6) is 0.235. The minimum absolute atomic E-state index is 0.0279. The highest BCUT2D eigenvalue weighted by molar-refractivity contribution is 9.10. The maximum atomic E-state index is 13.0. The molecule has 0 unspecified atom stereocenters. The lowest BCUT2D eigenvalue weighted by atomic mass is 10.3. The molecule has 4 nitrogen and oxygen atoms in total. The molecule has 0 spiro atoms. The molecule has 2 aromatic carbocycles. The molecular weight excluding hydrogens is 390 g/mol. The molecule has 0 bridgehead atoms. The molecule has 0 fully saturated rings. The molecule has 118 valence electrons. The molecule has 0 heterocycles. The summed E-state index contributed by atoms with van der Waals surface area (Å²) >= 11 is 9.30. The lowest BCUT2D eigenvalue weighted by molar-refractivity contribution is 0.400. The van der Waals surface area contributed by atoms with E-state index in [1.807, 2.05) is 6.07 Å². The van der Waals surface area contributed by atoms with Gasteiger partial charge in [0.05, 0.1) is 17.3 Å². The maximum Gasteiger partial charge on any atom is 0.268 e. The number of para-hydroxylation sites is 1. The van der Waals surface area contributed by atoms with E-state index < -0.39 is 10.0 Å². The van der Waals surface area contributed by atoms with Gasteiger partial charge in [-0.2, -0.15) is 0 Å². The van der Waals surface area contributed by atoms with Crippen molar-refractivity contribution in [2.45, 2.75) is 11.8 Å². The van der Waals surface area contributed by atoms with Crippen molar-refractivity contribution >= 4 is 43.2 Å². The van der Waals surface area contributed by atoms with Crippen molar-refractivity contribution in [1.29, 1.82) is 0 Å². The Morgan fingerprint density at radius 2 is 1.86 bits per heavy atom. The summed E-state index contributed by atoms with van der Waals surface area (Å²) in [6.07, 6.45) is 0. The van der Waals surface area contributed by atoms with E-state index in [9.17, 15) is 8.42 Å². The number of anilines is 1. The zero-order valence-electron chi connectivity index (χ0n) is 12.1. The number of nitrogens with zero attached hydrogens (tertiary/aromatic N) is 1. The molecule has 7 heteroatoms. The number of hydrogen-bond acceptors (Lipinski definition) is 3. The molecule has 0 saturated heterocycles. The van der Waals surface area contributed by atoms with Gasteiger partial charge in [-0.25, -0.2) is 8.42 Å². The second-order valence-corrected chi connectivity index (χ2v) is 7.55. The normalized spacial score (nSPS) is 11.3. The molecule has 0 aliphatic carbocycles. The molecule has 0 saturated carbocycles. The highest BCUT2D eigenvalue weighted by atomic mass is 79.9. The number of halogens is 2. The van der Waals surface area contributed by atoms with Crippen LogP contribution < -0.4 is 9.04 Å². The van der Waals surface area contributed by atoms with E-state index >= 15 is 0 Å². The molecule has 22 heavy (non-hydrogen) atoms. The predicted molar refractivity (Wildman–Crippen MR) is 92.4 cm³/mol. The van der Waals surface area contributed by atoms with E-state index in [1.165, 1.54) is 17.5 Å². The van der Waals surface area contributed by atoms with Gasteiger partial charge in [0.15, 0.2) is 5.75 Å². The molecule has 0 atom stereocenters. The second-order valence-electron chi connectivity index (χ2n) is 4.42. The summed E-state index contributed by atoms with van der Waals surface area (Å²) in [4.78, 5) is 0.0279. The Morgan fingerprint density at radius 1 is 1.23 bits per heavy atom. The summed E-state index contributed by atoms with van der Waals surface area (Å²) in [6.45, 7) is 2.07. The van der Waals surface area contributed by atoms with Crippen LogP contribution in [-0.2, 0) is 10.0 Å². The number of sulfonamides is 1. The number of ether oxygens (including phenoxy) is 1. The summed E-state index contributed by atoms with van der Waals surface area (Å²) in [5, 5.41) is 0.315. The van der Waals surface area contributed by atoms with E-state index in [-0.39, 0.29) is 10.6 Å². The molecule has 0 aliphatic heterocycles. The molecule has 2 rings (SSSR count). The molecular formula is C15H15BrClNO3S. The van der Waals surface area contributed by atoms with Gasteiger partial charge in [0.1, 0.15) is 4.90 Å². The lowest BCUT2D eigenvalue weighted by Gasteiger charge is -2.24. The second kappa shape index (κ2) is 6.89. The van der Waals surface area contributed by atoms with E-state index in [1.54, 1.807) is 37.3 Å². The number of methoxy groups -OCH3 is 1. The van der Waals surface area contributed by atoms with Gasteiger partial charge in [0.25, 0.3) is 10.0 Å². The first-order chi connectivity index (χ1) is 10.4. The Bertz CT molecular complexity index is 766. The lowest BCUT2D eigenvalue weighted by Crippen LogP contribution is -2.31. The molecule has 0 aliphatic rings. The molecule has 2 aromatic rings. The first kappa shape index (κ1) is 17.1. The van der Waals surface area contributed by atoms with Crippen LogP contribution in [0.1, 0.15) is 6.92 Å². The Balaban J connectivity index is 2.64. The van der Waals surface area contributed by atoms with Crippen molar-refractivity contribution in [3.8, 4) is 5.75 Å². The zero-order valence-corrected chi connectivity index (χ0v) is 15.2. The monoisotopic (exact) mass is 403 g/mol. The van der Waals surface area contributed by atoms with Crippen LogP contribution in [0.3, 0.4) is 0 Å². The minimum Gasteiger partial charge on any atom is -0.494 e. The van der Waals surface area contributed by atoms with Crippen LogP contribution in [0.4, 0.5) is 5.69 Å². The van der Waals surface area contributed by atoms with E-state index in [2.05, 4.69) is 15.9 Å². The average molecular weight is 405 g/mol. The SMILES string of the molecule is CCN(c1ccccc1)S(=O)(=O)c1cc(Cl)cc(Br)c1OC. The van der Waals surface area contributed by atoms with E-state index in [0.717, 1.165) is 0 Å². The van der Waals surface area contributed by atoms with Gasteiger partial charge in [0, 0.05) is 11.6 Å². The highest BCUT2D eigenvalue weighted by Crippen LogP contribution is 2.37. The van der Waals surface area contributed by atoms with Crippen molar-refractivity contribution < 1.29 is 13.2 Å². The largest absolute Gasteiger partial charge is 0.494 e. The van der Waals surface area contributed by atoms with Crippen LogP contribution in [0.25, 0.3) is 0 Å². The molecule has 0 amide bonds. The van der Waals surface area contributed by atoms with Gasteiger partial charge in [-0.3, -0.25) is 4.31 Å². The Labute approximate surface area is 143 Å². The summed E-state index contributed by atoms with van der Waals surface area (Å²) in [5.41, 5.74) is 0.586. The van der Waals surface area contributed by atoms with Crippen molar-refractivity contribution in [3.05, 3.63) is 52.0 Å². The van der Waals surface area contributed by atoms with Gasteiger partial charge in [0.2, 0.25) is 0 Å². The van der Waals surface area contributed by atoms with Crippen molar-refractivity contribution in [2.75, 3.05) is 18.0 Å². The van der Waals surface area contributed by atoms with Crippen LogP contribution in [0, 0.1) is 0 Å². The topological polar surface area (TPSA) is 46.6 Å². The van der Waals surface area contributed by atoms with Crippen LogP contribution in [0.5, 0.6) is 5.75 Å². The van der Waals surface area contributed by atoms with Crippen molar-refractivity contribution in [1.82, 2.24) is 0 Å².